The van der Waals surface area contributed by atoms with Crippen LogP contribution in [0.15, 0.2) is 41.5 Å². The van der Waals surface area contributed by atoms with E-state index in [1.54, 1.807) is 0 Å². The lowest BCUT2D eigenvalue weighted by Gasteiger charge is -2.14. The van der Waals surface area contributed by atoms with Crippen molar-refractivity contribution in [3.8, 4) is 0 Å². The van der Waals surface area contributed by atoms with Crippen LogP contribution in [-0.4, -0.2) is 28.0 Å². The number of carbonyl (C=O) groups is 2. The number of fused-ring (bicyclic) bond motifs is 1. The number of aromatic nitrogens is 2. The highest BCUT2D eigenvalue weighted by Crippen LogP contribution is 2.25. The maximum Gasteiger partial charge on any atom is 0.326 e. The Morgan fingerprint density at radius 2 is 1.96 bits per heavy atom. The van der Waals surface area contributed by atoms with Crippen molar-refractivity contribution in [2.45, 2.75) is 33.4 Å². The van der Waals surface area contributed by atoms with Crippen LogP contribution in [0.2, 0.25) is 0 Å². The van der Waals surface area contributed by atoms with E-state index in [0.717, 1.165) is 16.0 Å². The maximum absolute atomic E-state index is 12.6. The highest BCUT2D eigenvalue weighted by Gasteiger charge is 2.15. The number of hydrogen-bond donors (Lipinski definition) is 1. The molecule has 1 atom stereocenters. The number of nitrogens with zero attached hydrogens (tertiary/aromatic N) is 2. The van der Waals surface area contributed by atoms with E-state index >= 15 is 0 Å². The van der Waals surface area contributed by atoms with E-state index < -0.39 is 18.5 Å². The molecule has 2 aromatic heterocycles. The first-order chi connectivity index (χ1) is 13.4. The highest BCUT2D eigenvalue weighted by atomic mass is 32.1. The van der Waals surface area contributed by atoms with Gasteiger partial charge >= 0.3 is 5.97 Å². The third kappa shape index (κ3) is 4.28. The molecule has 0 saturated heterocycles. The summed E-state index contributed by atoms with van der Waals surface area (Å²) in [6.07, 6.45) is 1.33. The number of nitrogens with one attached hydrogen (secondary N) is 1. The monoisotopic (exact) mass is 399 g/mol. The quantitative estimate of drug-likeness (QED) is 0.643. The van der Waals surface area contributed by atoms with Crippen LogP contribution in [0.25, 0.3) is 10.2 Å². The Bertz CT molecular complexity index is 1070. The van der Waals surface area contributed by atoms with Crippen LogP contribution in [-0.2, 0) is 20.9 Å². The third-order valence-electron chi connectivity index (χ3n) is 4.50. The molecule has 1 amide bonds. The lowest BCUT2D eigenvalue weighted by molar-refractivity contribution is -0.149. The van der Waals surface area contributed by atoms with E-state index in [4.69, 9.17) is 4.74 Å². The summed E-state index contributed by atoms with van der Waals surface area (Å²) in [5.41, 5.74) is 1.54. The second-order valence-electron chi connectivity index (χ2n) is 6.50. The van der Waals surface area contributed by atoms with Gasteiger partial charge in [0.1, 0.15) is 11.4 Å². The minimum atomic E-state index is -0.671. The number of rotatable bonds is 6. The molecule has 0 aliphatic rings. The molecule has 3 rings (SSSR count). The molecule has 0 fully saturated rings. The van der Waals surface area contributed by atoms with Crippen molar-refractivity contribution in [1.29, 1.82) is 0 Å². The first-order valence-corrected chi connectivity index (χ1v) is 9.63. The summed E-state index contributed by atoms with van der Waals surface area (Å²) in [5, 5.41) is 3.29. The molecule has 7 nitrogen and oxygen atoms in total. The van der Waals surface area contributed by atoms with Crippen LogP contribution in [0.1, 0.15) is 29.0 Å². The van der Waals surface area contributed by atoms with Crippen LogP contribution in [0.5, 0.6) is 0 Å². The Hall–Kier alpha value is -3.00. The third-order valence-corrected chi connectivity index (χ3v) is 5.61. The maximum atomic E-state index is 12.6. The summed E-state index contributed by atoms with van der Waals surface area (Å²) in [4.78, 5) is 42.6. The van der Waals surface area contributed by atoms with Gasteiger partial charge in [0.15, 0.2) is 6.61 Å². The molecular weight excluding hydrogens is 378 g/mol. The molecular formula is C20H21N3O4S. The minimum Gasteiger partial charge on any atom is -0.454 e. The molecule has 0 aliphatic heterocycles. The summed E-state index contributed by atoms with van der Waals surface area (Å²) < 4.78 is 6.21. The fourth-order valence-corrected chi connectivity index (χ4v) is 3.81. The Balaban J connectivity index is 1.58. The van der Waals surface area contributed by atoms with Gasteiger partial charge in [-0.15, -0.1) is 11.3 Å². The predicted octanol–water partition coefficient (Wildman–Crippen LogP) is 2.50. The summed E-state index contributed by atoms with van der Waals surface area (Å²) in [6, 6.07) is 9.27. The SMILES string of the molecule is Cc1sc2ncn(CC(=O)OCC(=O)N[C@@H](C)c3ccccc3)c(=O)c2c1C. The largest absolute Gasteiger partial charge is 0.454 e. The zero-order valence-corrected chi connectivity index (χ0v) is 16.7. The van der Waals surface area contributed by atoms with Crippen molar-refractivity contribution in [3.05, 3.63) is 63.0 Å². The summed E-state index contributed by atoms with van der Waals surface area (Å²) >= 11 is 1.44. The topological polar surface area (TPSA) is 90.3 Å². The van der Waals surface area contributed by atoms with E-state index in [2.05, 4.69) is 10.3 Å². The van der Waals surface area contributed by atoms with Gasteiger partial charge < -0.3 is 10.1 Å². The van der Waals surface area contributed by atoms with Crippen molar-refractivity contribution in [3.63, 3.8) is 0 Å². The summed E-state index contributed by atoms with van der Waals surface area (Å²) in [7, 11) is 0. The van der Waals surface area contributed by atoms with Gasteiger partial charge in [0, 0.05) is 4.88 Å². The summed E-state index contributed by atoms with van der Waals surface area (Å²) in [5.74, 6) is -1.08. The molecule has 0 saturated carbocycles. The second kappa shape index (κ2) is 8.35. The van der Waals surface area contributed by atoms with Gasteiger partial charge in [-0.25, -0.2) is 4.98 Å². The second-order valence-corrected chi connectivity index (χ2v) is 7.70. The Labute approximate surface area is 166 Å². The van der Waals surface area contributed by atoms with Crippen molar-refractivity contribution in [2.24, 2.45) is 0 Å². The molecule has 0 aliphatic carbocycles. The fraction of sp³-hybridized carbons (Fsp3) is 0.300. The van der Waals surface area contributed by atoms with E-state index in [9.17, 15) is 14.4 Å². The number of ether oxygens (including phenoxy) is 1. The molecule has 2 heterocycles. The number of carbonyl (C=O) groups excluding carboxylic acids is 2. The molecule has 0 spiro atoms. The van der Waals surface area contributed by atoms with Gasteiger partial charge in [-0.2, -0.15) is 0 Å². The van der Waals surface area contributed by atoms with E-state index in [1.807, 2.05) is 51.1 Å². The molecule has 0 bridgehead atoms. The van der Waals surface area contributed by atoms with Gasteiger partial charge in [-0.05, 0) is 31.9 Å². The van der Waals surface area contributed by atoms with Gasteiger partial charge in [0.25, 0.3) is 11.5 Å². The molecule has 1 N–H and O–H groups in total. The Morgan fingerprint density at radius 3 is 2.68 bits per heavy atom. The highest BCUT2D eigenvalue weighted by molar-refractivity contribution is 7.18. The normalized spacial score (nSPS) is 12.0. The standard InChI is InChI=1S/C20H21N3O4S/c1-12-14(3)28-19-18(12)20(26)23(11-21-19)9-17(25)27-10-16(24)22-13(2)15-7-5-4-6-8-15/h4-8,11,13H,9-10H2,1-3H3,(H,22,24)/t13-/m0/s1. The molecule has 3 aromatic rings. The van der Waals surface area contributed by atoms with Crippen LogP contribution >= 0.6 is 11.3 Å². The van der Waals surface area contributed by atoms with Gasteiger partial charge in [0.05, 0.1) is 17.8 Å². The number of thiophene rings is 1. The van der Waals surface area contributed by atoms with E-state index in [1.165, 1.54) is 22.2 Å². The van der Waals surface area contributed by atoms with Crippen molar-refractivity contribution < 1.29 is 14.3 Å². The first kappa shape index (κ1) is 19.8. The fourth-order valence-electron chi connectivity index (χ4n) is 2.82. The first-order valence-electron chi connectivity index (χ1n) is 8.82. The van der Waals surface area contributed by atoms with Gasteiger partial charge in [0.2, 0.25) is 0 Å². The van der Waals surface area contributed by atoms with Crippen molar-refractivity contribution in [1.82, 2.24) is 14.9 Å². The van der Waals surface area contributed by atoms with Crippen LogP contribution in [0.4, 0.5) is 0 Å². The molecule has 1 aromatic carbocycles. The van der Waals surface area contributed by atoms with Crippen molar-refractivity contribution in [2.75, 3.05) is 6.61 Å². The molecule has 146 valence electrons. The zero-order valence-electron chi connectivity index (χ0n) is 15.9. The summed E-state index contributed by atoms with van der Waals surface area (Å²) in [6.45, 7) is 4.93. The number of benzene rings is 1. The molecule has 0 radical (unpaired) electrons. The lowest BCUT2D eigenvalue weighted by Crippen LogP contribution is -2.32. The minimum absolute atomic E-state index is 0.202. The van der Waals surface area contributed by atoms with Crippen molar-refractivity contribution >= 4 is 33.4 Å². The van der Waals surface area contributed by atoms with E-state index in [0.29, 0.717) is 10.2 Å². The van der Waals surface area contributed by atoms with Gasteiger partial charge in [-0.1, -0.05) is 30.3 Å². The number of esters is 1. The van der Waals surface area contributed by atoms with Gasteiger partial charge in [-0.3, -0.25) is 19.0 Å². The van der Waals surface area contributed by atoms with E-state index in [-0.39, 0.29) is 18.1 Å². The average Bonchev–Trinajstić information content (AvgIpc) is 2.97. The number of hydrogen-bond acceptors (Lipinski definition) is 6. The average molecular weight is 399 g/mol. The Kier molecular flexibility index (Phi) is 5.89. The van der Waals surface area contributed by atoms with Crippen LogP contribution in [0.3, 0.4) is 0 Å². The lowest BCUT2D eigenvalue weighted by atomic mass is 10.1. The number of amides is 1. The zero-order chi connectivity index (χ0) is 20.3. The molecule has 0 unspecified atom stereocenters. The predicted molar refractivity (Wildman–Crippen MR) is 107 cm³/mol. The molecule has 28 heavy (non-hydrogen) atoms. The van der Waals surface area contributed by atoms with Crippen LogP contribution < -0.4 is 10.9 Å². The number of aryl methyl sites for hydroxylation is 2. The molecule has 8 heteroatoms. The smallest absolute Gasteiger partial charge is 0.326 e. The van der Waals surface area contributed by atoms with Crippen LogP contribution in [0, 0.1) is 13.8 Å². The Morgan fingerprint density at radius 1 is 1.25 bits per heavy atom.